The van der Waals surface area contributed by atoms with Crippen molar-refractivity contribution in [2.45, 2.75) is 13.8 Å². The van der Waals surface area contributed by atoms with Gasteiger partial charge in [0, 0.05) is 24.2 Å². The maximum atomic E-state index is 13.2. The van der Waals surface area contributed by atoms with Crippen LogP contribution in [-0.2, 0) is 4.79 Å². The normalized spacial score (nSPS) is 10.8. The smallest absolute Gasteiger partial charge is 0.221 e. The molecule has 0 saturated heterocycles. The number of anilines is 1. The number of rotatable bonds is 2. The number of aryl methyl sites for hydroxylation is 1. The Balaban J connectivity index is 2.02. The van der Waals surface area contributed by atoms with E-state index in [1.165, 1.54) is 30.4 Å². The molecule has 1 amide bonds. The largest absolute Gasteiger partial charge is 0.326 e. The van der Waals surface area contributed by atoms with Gasteiger partial charge in [0.15, 0.2) is 0 Å². The fourth-order valence-electron chi connectivity index (χ4n) is 2.15. The van der Waals surface area contributed by atoms with Gasteiger partial charge in [-0.1, -0.05) is 0 Å². The molecule has 0 aliphatic carbocycles. The second-order valence-corrected chi connectivity index (χ2v) is 5.87. The van der Waals surface area contributed by atoms with Crippen molar-refractivity contribution in [1.82, 2.24) is 4.98 Å². The zero-order chi connectivity index (χ0) is 15.0. The molecule has 1 aromatic heterocycles. The topological polar surface area (TPSA) is 42.0 Å². The maximum absolute atomic E-state index is 13.2. The van der Waals surface area contributed by atoms with Crippen LogP contribution in [0.4, 0.5) is 10.1 Å². The number of amides is 1. The standard InChI is InChI=1S/C16H13FN2OS/c1-9-7-11(3-5-13(9)18-10(2)20)16-19-14-8-12(17)4-6-15(14)21-16/h3-8H,1-2H3,(H,18,20). The predicted molar refractivity (Wildman–Crippen MR) is 84.1 cm³/mol. The molecule has 0 aliphatic heterocycles. The van der Waals surface area contributed by atoms with Crippen LogP contribution in [0, 0.1) is 12.7 Å². The van der Waals surface area contributed by atoms with Crippen molar-refractivity contribution in [2.75, 3.05) is 5.32 Å². The van der Waals surface area contributed by atoms with E-state index >= 15 is 0 Å². The average molecular weight is 300 g/mol. The van der Waals surface area contributed by atoms with Gasteiger partial charge in [0.2, 0.25) is 5.91 Å². The van der Waals surface area contributed by atoms with Crippen molar-refractivity contribution in [3.8, 4) is 10.6 Å². The number of nitrogens with one attached hydrogen (secondary N) is 1. The highest BCUT2D eigenvalue weighted by molar-refractivity contribution is 7.21. The molecule has 0 radical (unpaired) electrons. The van der Waals surface area contributed by atoms with E-state index in [0.717, 1.165) is 26.5 Å². The van der Waals surface area contributed by atoms with E-state index in [1.807, 2.05) is 25.1 Å². The number of fused-ring (bicyclic) bond motifs is 1. The molecule has 0 saturated carbocycles. The summed E-state index contributed by atoms with van der Waals surface area (Å²) in [5, 5.41) is 3.62. The van der Waals surface area contributed by atoms with Gasteiger partial charge in [-0.25, -0.2) is 9.37 Å². The lowest BCUT2D eigenvalue weighted by Crippen LogP contribution is -2.06. The van der Waals surface area contributed by atoms with Crippen LogP contribution in [0.3, 0.4) is 0 Å². The number of carbonyl (C=O) groups excluding carboxylic acids is 1. The number of benzene rings is 2. The molecule has 2 aromatic carbocycles. The lowest BCUT2D eigenvalue weighted by Gasteiger charge is -2.07. The van der Waals surface area contributed by atoms with Crippen molar-refractivity contribution < 1.29 is 9.18 Å². The summed E-state index contributed by atoms with van der Waals surface area (Å²) in [6.07, 6.45) is 0. The summed E-state index contributed by atoms with van der Waals surface area (Å²) >= 11 is 1.52. The summed E-state index contributed by atoms with van der Waals surface area (Å²) in [4.78, 5) is 15.6. The summed E-state index contributed by atoms with van der Waals surface area (Å²) in [7, 11) is 0. The first kappa shape index (κ1) is 13.7. The van der Waals surface area contributed by atoms with E-state index in [1.54, 1.807) is 6.07 Å². The molecule has 5 heteroatoms. The Kier molecular flexibility index (Phi) is 3.43. The Morgan fingerprint density at radius 1 is 1.24 bits per heavy atom. The Morgan fingerprint density at radius 3 is 2.76 bits per heavy atom. The third-order valence-electron chi connectivity index (χ3n) is 3.13. The minimum absolute atomic E-state index is 0.0960. The molecule has 0 atom stereocenters. The van der Waals surface area contributed by atoms with E-state index < -0.39 is 0 Å². The number of aromatic nitrogens is 1. The predicted octanol–water partition coefficient (Wildman–Crippen LogP) is 4.37. The molecular weight excluding hydrogens is 287 g/mol. The zero-order valence-electron chi connectivity index (χ0n) is 11.6. The Bertz CT molecular complexity index is 841. The van der Waals surface area contributed by atoms with Crippen molar-refractivity contribution in [1.29, 1.82) is 0 Å². The van der Waals surface area contributed by atoms with E-state index in [9.17, 15) is 9.18 Å². The van der Waals surface area contributed by atoms with Crippen LogP contribution in [0.5, 0.6) is 0 Å². The summed E-state index contributed by atoms with van der Waals surface area (Å²) in [5.74, 6) is -0.377. The van der Waals surface area contributed by atoms with Crippen LogP contribution in [-0.4, -0.2) is 10.9 Å². The second-order valence-electron chi connectivity index (χ2n) is 4.84. The summed E-state index contributed by atoms with van der Waals surface area (Å²) in [6, 6.07) is 10.4. The summed E-state index contributed by atoms with van der Waals surface area (Å²) in [6.45, 7) is 3.41. The first-order chi connectivity index (χ1) is 10.0. The molecule has 3 nitrogen and oxygen atoms in total. The molecule has 1 N–H and O–H groups in total. The lowest BCUT2D eigenvalue weighted by atomic mass is 10.1. The third kappa shape index (κ3) is 2.78. The van der Waals surface area contributed by atoms with Crippen LogP contribution in [0.1, 0.15) is 12.5 Å². The average Bonchev–Trinajstić information content (AvgIpc) is 2.83. The maximum Gasteiger partial charge on any atom is 0.221 e. The molecule has 3 aromatic rings. The molecule has 0 unspecified atom stereocenters. The molecule has 106 valence electrons. The Morgan fingerprint density at radius 2 is 2.05 bits per heavy atom. The van der Waals surface area contributed by atoms with Crippen LogP contribution in [0.2, 0.25) is 0 Å². The molecule has 3 rings (SSSR count). The summed E-state index contributed by atoms with van der Waals surface area (Å²) < 4.78 is 14.2. The first-order valence-electron chi connectivity index (χ1n) is 6.47. The van der Waals surface area contributed by atoms with E-state index in [4.69, 9.17) is 0 Å². The highest BCUT2D eigenvalue weighted by Gasteiger charge is 2.09. The SMILES string of the molecule is CC(=O)Nc1ccc(-c2nc3cc(F)ccc3s2)cc1C. The van der Waals surface area contributed by atoms with Gasteiger partial charge in [-0.3, -0.25) is 4.79 Å². The van der Waals surface area contributed by atoms with Crippen molar-refractivity contribution >= 4 is 33.1 Å². The van der Waals surface area contributed by atoms with Crippen LogP contribution >= 0.6 is 11.3 Å². The van der Waals surface area contributed by atoms with E-state index in [-0.39, 0.29) is 11.7 Å². The fraction of sp³-hybridized carbons (Fsp3) is 0.125. The molecule has 0 aliphatic rings. The second kappa shape index (κ2) is 5.26. The highest BCUT2D eigenvalue weighted by atomic mass is 32.1. The lowest BCUT2D eigenvalue weighted by molar-refractivity contribution is -0.114. The quantitative estimate of drug-likeness (QED) is 0.763. The van der Waals surface area contributed by atoms with Crippen molar-refractivity contribution in [3.63, 3.8) is 0 Å². The van der Waals surface area contributed by atoms with Crippen molar-refractivity contribution in [2.24, 2.45) is 0 Å². The summed E-state index contributed by atoms with van der Waals surface area (Å²) in [5.41, 5.74) is 3.38. The fourth-order valence-corrected chi connectivity index (χ4v) is 3.09. The van der Waals surface area contributed by atoms with Gasteiger partial charge in [0.1, 0.15) is 10.8 Å². The molecule has 21 heavy (non-hydrogen) atoms. The third-order valence-corrected chi connectivity index (χ3v) is 4.22. The minimum Gasteiger partial charge on any atom is -0.326 e. The van der Waals surface area contributed by atoms with Gasteiger partial charge >= 0.3 is 0 Å². The Hall–Kier alpha value is -2.27. The molecular formula is C16H13FN2OS. The number of hydrogen-bond donors (Lipinski definition) is 1. The van der Waals surface area contributed by atoms with Gasteiger partial charge in [0.25, 0.3) is 0 Å². The number of hydrogen-bond acceptors (Lipinski definition) is 3. The number of nitrogens with zero attached hydrogens (tertiary/aromatic N) is 1. The van der Waals surface area contributed by atoms with Gasteiger partial charge in [-0.2, -0.15) is 0 Å². The van der Waals surface area contributed by atoms with Gasteiger partial charge in [-0.15, -0.1) is 11.3 Å². The zero-order valence-corrected chi connectivity index (χ0v) is 12.4. The van der Waals surface area contributed by atoms with E-state index in [2.05, 4.69) is 10.3 Å². The Labute approximate surface area is 125 Å². The highest BCUT2D eigenvalue weighted by Crippen LogP contribution is 2.32. The van der Waals surface area contributed by atoms with Gasteiger partial charge < -0.3 is 5.32 Å². The monoisotopic (exact) mass is 300 g/mol. The molecule has 0 fully saturated rings. The number of halogens is 1. The molecule has 0 spiro atoms. The van der Waals surface area contributed by atoms with Crippen LogP contribution in [0.15, 0.2) is 36.4 Å². The number of thiazole rings is 1. The molecule has 0 bridgehead atoms. The minimum atomic E-state index is -0.281. The van der Waals surface area contributed by atoms with Crippen LogP contribution in [0.25, 0.3) is 20.8 Å². The van der Waals surface area contributed by atoms with Crippen LogP contribution < -0.4 is 5.32 Å². The first-order valence-corrected chi connectivity index (χ1v) is 7.29. The van der Waals surface area contributed by atoms with Gasteiger partial charge in [0.05, 0.1) is 10.2 Å². The van der Waals surface area contributed by atoms with Crippen molar-refractivity contribution in [3.05, 3.63) is 47.8 Å². The number of carbonyl (C=O) groups is 1. The van der Waals surface area contributed by atoms with Gasteiger partial charge in [-0.05, 0) is 42.8 Å². The van der Waals surface area contributed by atoms with E-state index in [0.29, 0.717) is 5.52 Å². The molecule has 1 heterocycles.